The maximum Gasteiger partial charge on any atom is 0.346 e. The predicted octanol–water partition coefficient (Wildman–Crippen LogP) is 7.62. The normalized spacial score (nSPS) is 24.4. The third-order valence-electron chi connectivity index (χ3n) is 7.28. The van der Waals surface area contributed by atoms with Crippen LogP contribution in [0, 0.1) is 29.4 Å². The number of fused-ring (bicyclic) bond motifs is 1. The summed E-state index contributed by atoms with van der Waals surface area (Å²) in [7, 11) is 0. The molecule has 4 rings (SSSR count). The fraction of sp³-hybridized carbons (Fsp3) is 0.414. The average molecular weight is 467 g/mol. The highest BCUT2D eigenvalue weighted by molar-refractivity contribution is 5.91. The molecule has 2 aliphatic rings. The Hall–Kier alpha value is -2.95. The van der Waals surface area contributed by atoms with Crippen LogP contribution >= 0.6 is 0 Å². The standard InChI is InChI=1S/C29H32F2O3/c1-3-5-19-6-7-21-16-22(9-8-20(21)15-19)23-10-12-25(26(30)17-23)29(32)34-28-13-11-24(18-27(28)31)33-14-4-2/h3-5,10-13,17-22H,2,6-9,14-16H2,1H3/b5-3+. The van der Waals surface area contributed by atoms with Crippen LogP contribution in [0.5, 0.6) is 11.5 Å². The van der Waals surface area contributed by atoms with Crippen molar-refractivity contribution in [1.82, 2.24) is 0 Å². The topological polar surface area (TPSA) is 35.5 Å². The molecule has 2 fully saturated rings. The maximum atomic E-state index is 14.9. The van der Waals surface area contributed by atoms with Crippen LogP contribution in [-0.2, 0) is 0 Å². The molecule has 0 amide bonds. The van der Waals surface area contributed by atoms with E-state index in [0.29, 0.717) is 17.8 Å². The molecule has 4 atom stereocenters. The summed E-state index contributed by atoms with van der Waals surface area (Å²) in [6.07, 6.45) is 13.0. The summed E-state index contributed by atoms with van der Waals surface area (Å²) in [5, 5.41) is 0. The van der Waals surface area contributed by atoms with Crippen LogP contribution in [0.25, 0.3) is 0 Å². The van der Waals surface area contributed by atoms with Gasteiger partial charge in [0.25, 0.3) is 0 Å². The van der Waals surface area contributed by atoms with Gasteiger partial charge in [-0.3, -0.25) is 0 Å². The summed E-state index contributed by atoms with van der Waals surface area (Å²) in [6, 6.07) is 8.63. The zero-order valence-corrected chi connectivity index (χ0v) is 19.6. The van der Waals surface area contributed by atoms with Crippen LogP contribution in [0.2, 0.25) is 0 Å². The van der Waals surface area contributed by atoms with Gasteiger partial charge in [0.2, 0.25) is 0 Å². The summed E-state index contributed by atoms with van der Waals surface area (Å²) in [5.41, 5.74) is 0.730. The summed E-state index contributed by atoms with van der Waals surface area (Å²) >= 11 is 0. The lowest BCUT2D eigenvalue weighted by Crippen LogP contribution is -2.30. The Morgan fingerprint density at radius 3 is 2.56 bits per heavy atom. The first-order valence-corrected chi connectivity index (χ1v) is 12.2. The van der Waals surface area contributed by atoms with Crippen molar-refractivity contribution in [3.05, 3.63) is 84.0 Å². The molecular weight excluding hydrogens is 434 g/mol. The van der Waals surface area contributed by atoms with Crippen LogP contribution in [0.15, 0.2) is 61.2 Å². The van der Waals surface area contributed by atoms with Crippen molar-refractivity contribution in [3.8, 4) is 11.5 Å². The van der Waals surface area contributed by atoms with E-state index >= 15 is 0 Å². The van der Waals surface area contributed by atoms with E-state index in [1.807, 2.05) is 6.07 Å². The minimum atomic E-state index is -0.922. The number of ether oxygens (including phenoxy) is 2. The Kier molecular flexibility index (Phi) is 7.81. The summed E-state index contributed by atoms with van der Waals surface area (Å²) in [4.78, 5) is 12.5. The van der Waals surface area contributed by atoms with Gasteiger partial charge in [-0.1, -0.05) is 30.9 Å². The molecule has 0 N–H and O–H groups in total. The third-order valence-corrected chi connectivity index (χ3v) is 7.28. The molecule has 0 aliphatic heterocycles. The van der Waals surface area contributed by atoms with E-state index in [2.05, 4.69) is 25.7 Å². The molecule has 3 nitrogen and oxygen atoms in total. The molecule has 0 saturated heterocycles. The first kappa shape index (κ1) is 24.2. The second-order valence-electron chi connectivity index (χ2n) is 9.45. The van der Waals surface area contributed by atoms with Gasteiger partial charge in [0.05, 0.1) is 5.56 Å². The number of carbonyl (C=O) groups is 1. The Balaban J connectivity index is 1.40. The number of hydrogen-bond donors (Lipinski definition) is 0. The lowest BCUT2D eigenvalue weighted by atomic mass is 9.64. The van der Waals surface area contributed by atoms with E-state index in [0.717, 1.165) is 30.4 Å². The predicted molar refractivity (Wildman–Crippen MR) is 129 cm³/mol. The van der Waals surface area contributed by atoms with Crippen molar-refractivity contribution in [2.45, 2.75) is 51.4 Å². The Labute approximate surface area is 200 Å². The lowest BCUT2D eigenvalue weighted by Gasteiger charge is -2.41. The van der Waals surface area contributed by atoms with Crippen molar-refractivity contribution >= 4 is 5.97 Å². The number of allylic oxidation sites excluding steroid dienone is 2. The molecule has 2 aromatic carbocycles. The number of esters is 1. The Bertz CT molecular complexity index is 1060. The zero-order valence-electron chi connectivity index (χ0n) is 19.6. The number of benzene rings is 2. The van der Waals surface area contributed by atoms with E-state index in [1.165, 1.54) is 49.9 Å². The smallest absolute Gasteiger partial charge is 0.346 e. The molecule has 4 unspecified atom stereocenters. The minimum Gasteiger partial charge on any atom is -0.489 e. The van der Waals surface area contributed by atoms with Gasteiger partial charge >= 0.3 is 5.97 Å². The van der Waals surface area contributed by atoms with Gasteiger partial charge in [-0.25, -0.2) is 13.6 Å². The quantitative estimate of drug-likeness (QED) is 0.239. The lowest BCUT2D eigenvalue weighted by molar-refractivity contribution is 0.0722. The number of carbonyl (C=O) groups excluding carboxylic acids is 1. The van der Waals surface area contributed by atoms with E-state index < -0.39 is 17.6 Å². The van der Waals surface area contributed by atoms with E-state index in [-0.39, 0.29) is 23.7 Å². The van der Waals surface area contributed by atoms with Gasteiger partial charge in [-0.15, -0.1) is 0 Å². The van der Waals surface area contributed by atoms with Crippen molar-refractivity contribution < 1.29 is 23.0 Å². The second-order valence-corrected chi connectivity index (χ2v) is 9.45. The second kappa shape index (κ2) is 11.0. The first-order valence-electron chi connectivity index (χ1n) is 12.2. The number of halogens is 2. The molecule has 0 spiro atoms. The molecule has 0 bridgehead atoms. The van der Waals surface area contributed by atoms with Crippen molar-refractivity contribution in [1.29, 1.82) is 0 Å². The molecular formula is C29H32F2O3. The summed E-state index contributed by atoms with van der Waals surface area (Å²) in [5.74, 6) is 0.160. The van der Waals surface area contributed by atoms with Gasteiger partial charge in [-0.05, 0) is 98.9 Å². The van der Waals surface area contributed by atoms with Gasteiger partial charge in [0.15, 0.2) is 11.6 Å². The Morgan fingerprint density at radius 2 is 1.82 bits per heavy atom. The van der Waals surface area contributed by atoms with Crippen LogP contribution in [0.4, 0.5) is 8.78 Å². The highest BCUT2D eigenvalue weighted by atomic mass is 19.1. The Morgan fingerprint density at radius 1 is 1.03 bits per heavy atom. The highest BCUT2D eigenvalue weighted by Crippen LogP contribution is 2.48. The molecule has 0 aromatic heterocycles. The summed E-state index contributed by atoms with van der Waals surface area (Å²) in [6.45, 7) is 5.85. The molecule has 2 aromatic rings. The van der Waals surface area contributed by atoms with Crippen LogP contribution in [0.1, 0.15) is 67.3 Å². The van der Waals surface area contributed by atoms with E-state index in [4.69, 9.17) is 9.47 Å². The van der Waals surface area contributed by atoms with E-state index in [1.54, 1.807) is 6.08 Å². The van der Waals surface area contributed by atoms with Crippen LogP contribution in [-0.4, -0.2) is 12.6 Å². The monoisotopic (exact) mass is 466 g/mol. The molecule has 5 heteroatoms. The minimum absolute atomic E-state index is 0.198. The maximum absolute atomic E-state index is 14.9. The van der Waals surface area contributed by atoms with Gasteiger partial charge in [0, 0.05) is 6.07 Å². The van der Waals surface area contributed by atoms with Gasteiger partial charge < -0.3 is 9.47 Å². The van der Waals surface area contributed by atoms with Gasteiger partial charge in [0.1, 0.15) is 18.2 Å². The fourth-order valence-electron chi connectivity index (χ4n) is 5.59. The molecule has 0 radical (unpaired) electrons. The molecule has 2 saturated carbocycles. The highest BCUT2D eigenvalue weighted by Gasteiger charge is 2.35. The van der Waals surface area contributed by atoms with Crippen LogP contribution in [0.3, 0.4) is 0 Å². The largest absolute Gasteiger partial charge is 0.489 e. The van der Waals surface area contributed by atoms with Gasteiger partial charge in [-0.2, -0.15) is 0 Å². The van der Waals surface area contributed by atoms with Crippen molar-refractivity contribution in [2.24, 2.45) is 17.8 Å². The average Bonchev–Trinajstić information content (AvgIpc) is 2.84. The van der Waals surface area contributed by atoms with Crippen LogP contribution < -0.4 is 9.47 Å². The SMILES string of the molecule is C=CCOc1ccc(OC(=O)c2ccc(C3CCC4CC(/C=C/C)CCC4C3)cc2F)c(F)c1. The fourth-order valence-corrected chi connectivity index (χ4v) is 5.59. The first-order chi connectivity index (χ1) is 16.5. The van der Waals surface area contributed by atoms with Crippen molar-refractivity contribution in [3.63, 3.8) is 0 Å². The number of hydrogen-bond acceptors (Lipinski definition) is 3. The molecule has 180 valence electrons. The molecule has 34 heavy (non-hydrogen) atoms. The van der Waals surface area contributed by atoms with E-state index in [9.17, 15) is 13.6 Å². The van der Waals surface area contributed by atoms with Crippen molar-refractivity contribution in [2.75, 3.05) is 6.61 Å². The number of rotatable bonds is 7. The zero-order chi connectivity index (χ0) is 24.1. The molecule has 2 aliphatic carbocycles. The molecule has 0 heterocycles. The summed E-state index contributed by atoms with van der Waals surface area (Å²) < 4.78 is 39.6. The third kappa shape index (κ3) is 5.57.